The van der Waals surface area contributed by atoms with Crippen LogP contribution in [0.15, 0.2) is 18.2 Å². The number of benzene rings is 1. The first kappa shape index (κ1) is 16.1. The van der Waals surface area contributed by atoms with Gasteiger partial charge in [0, 0.05) is 0 Å². The molecule has 0 saturated heterocycles. The van der Waals surface area contributed by atoms with E-state index in [1.54, 1.807) is 0 Å². The summed E-state index contributed by atoms with van der Waals surface area (Å²) >= 11 is 0. The van der Waals surface area contributed by atoms with E-state index in [0.717, 1.165) is 6.07 Å². The quantitative estimate of drug-likeness (QED) is 0.865. The van der Waals surface area contributed by atoms with Gasteiger partial charge in [0.2, 0.25) is 0 Å². The fraction of sp³-hybridized carbons (Fsp3) is 0.364. The average Bonchev–Trinajstić information content (AvgIpc) is 2.26. The Balaban J connectivity index is 3.17. The number of halogens is 6. The second-order valence-electron chi connectivity index (χ2n) is 3.81. The van der Waals surface area contributed by atoms with Crippen LogP contribution in [-0.2, 0) is 6.18 Å². The Hall–Kier alpha value is -1.93. The molecule has 0 fully saturated rings. The van der Waals surface area contributed by atoms with Crippen LogP contribution in [0.2, 0.25) is 0 Å². The SMILES string of the molecule is CC(Oc1ccc(C(=O)O)c(C(F)(F)F)c1)C(F)(F)F. The normalized spacial score (nSPS) is 13.9. The van der Waals surface area contributed by atoms with Crippen LogP contribution in [0.1, 0.15) is 22.8 Å². The summed E-state index contributed by atoms with van der Waals surface area (Å²) < 4.78 is 78.9. The molecule has 1 atom stereocenters. The number of ether oxygens (including phenoxy) is 1. The Kier molecular flexibility index (Phi) is 4.21. The molecule has 0 aliphatic heterocycles. The Morgan fingerprint density at radius 1 is 1.20 bits per heavy atom. The molecule has 0 heterocycles. The van der Waals surface area contributed by atoms with Crippen LogP contribution in [-0.4, -0.2) is 23.4 Å². The fourth-order valence-electron chi connectivity index (χ4n) is 1.29. The Morgan fingerprint density at radius 3 is 2.15 bits per heavy atom. The molecule has 0 aliphatic rings. The van der Waals surface area contributed by atoms with Gasteiger partial charge in [-0.15, -0.1) is 0 Å². The van der Waals surface area contributed by atoms with E-state index >= 15 is 0 Å². The maximum Gasteiger partial charge on any atom is 0.425 e. The number of rotatable bonds is 3. The van der Waals surface area contributed by atoms with Crippen molar-refractivity contribution in [2.75, 3.05) is 0 Å². The number of alkyl halides is 6. The molecule has 0 amide bonds. The minimum absolute atomic E-state index is 0.228. The number of aromatic carboxylic acids is 1. The summed E-state index contributed by atoms with van der Waals surface area (Å²) in [6, 6.07) is 1.51. The van der Waals surface area contributed by atoms with Crippen molar-refractivity contribution in [2.45, 2.75) is 25.4 Å². The molecule has 3 nitrogen and oxygen atoms in total. The number of hydrogen-bond donors (Lipinski definition) is 1. The first-order chi connectivity index (χ1) is 8.93. The smallest absolute Gasteiger partial charge is 0.425 e. The molecular weight excluding hydrogens is 294 g/mol. The van der Waals surface area contributed by atoms with Crippen molar-refractivity contribution in [3.05, 3.63) is 29.3 Å². The largest absolute Gasteiger partial charge is 0.481 e. The number of carbonyl (C=O) groups is 1. The molecule has 1 unspecified atom stereocenters. The number of carboxylic acids is 1. The van der Waals surface area contributed by atoms with Crippen molar-refractivity contribution in [3.8, 4) is 5.75 Å². The monoisotopic (exact) mass is 302 g/mol. The highest BCUT2D eigenvalue weighted by Crippen LogP contribution is 2.35. The van der Waals surface area contributed by atoms with Gasteiger partial charge in [0.05, 0.1) is 11.1 Å². The molecule has 20 heavy (non-hydrogen) atoms. The molecule has 0 aromatic heterocycles. The summed E-state index contributed by atoms with van der Waals surface area (Å²) in [7, 11) is 0. The molecule has 0 bridgehead atoms. The predicted molar refractivity (Wildman–Crippen MR) is 54.5 cm³/mol. The average molecular weight is 302 g/mol. The topological polar surface area (TPSA) is 46.5 Å². The lowest BCUT2D eigenvalue weighted by Crippen LogP contribution is -2.31. The van der Waals surface area contributed by atoms with Crippen LogP contribution in [0.25, 0.3) is 0 Å². The van der Waals surface area contributed by atoms with E-state index in [1.165, 1.54) is 0 Å². The second kappa shape index (κ2) is 5.22. The van der Waals surface area contributed by atoms with E-state index in [2.05, 4.69) is 4.74 Å². The van der Waals surface area contributed by atoms with E-state index in [1.807, 2.05) is 0 Å². The van der Waals surface area contributed by atoms with Crippen LogP contribution in [0.4, 0.5) is 26.3 Å². The summed E-state index contributed by atoms with van der Waals surface area (Å²) in [5.74, 6) is -2.56. The van der Waals surface area contributed by atoms with Crippen molar-refractivity contribution in [1.82, 2.24) is 0 Å². The van der Waals surface area contributed by atoms with Gasteiger partial charge in [-0.3, -0.25) is 0 Å². The molecule has 1 aromatic carbocycles. The van der Waals surface area contributed by atoms with Gasteiger partial charge in [-0.1, -0.05) is 0 Å². The van der Waals surface area contributed by atoms with Crippen LogP contribution in [0.5, 0.6) is 5.75 Å². The number of hydrogen-bond acceptors (Lipinski definition) is 2. The highest BCUT2D eigenvalue weighted by molar-refractivity contribution is 5.89. The van der Waals surface area contributed by atoms with E-state index in [9.17, 15) is 31.1 Å². The lowest BCUT2D eigenvalue weighted by Gasteiger charge is -2.19. The third-order valence-corrected chi connectivity index (χ3v) is 2.30. The van der Waals surface area contributed by atoms with Crippen molar-refractivity contribution < 1.29 is 41.0 Å². The minimum Gasteiger partial charge on any atom is -0.481 e. The van der Waals surface area contributed by atoms with Gasteiger partial charge in [-0.25, -0.2) is 4.79 Å². The summed E-state index contributed by atoms with van der Waals surface area (Å²) in [5, 5.41) is 8.61. The summed E-state index contributed by atoms with van der Waals surface area (Å²) in [6.07, 6.45) is -12.1. The van der Waals surface area contributed by atoms with Gasteiger partial charge in [0.25, 0.3) is 0 Å². The van der Waals surface area contributed by atoms with E-state index in [0.29, 0.717) is 13.0 Å². The summed E-state index contributed by atoms with van der Waals surface area (Å²) in [5.41, 5.74) is -2.64. The summed E-state index contributed by atoms with van der Waals surface area (Å²) in [6.45, 7) is 0.623. The van der Waals surface area contributed by atoms with Crippen molar-refractivity contribution >= 4 is 5.97 Å². The van der Waals surface area contributed by atoms with Crippen LogP contribution < -0.4 is 4.74 Å². The molecule has 1 rings (SSSR count). The fourth-order valence-corrected chi connectivity index (χ4v) is 1.29. The van der Waals surface area contributed by atoms with Crippen LogP contribution in [0, 0.1) is 0 Å². The molecule has 1 N–H and O–H groups in total. The Labute approximate surface area is 108 Å². The standard InChI is InChI=1S/C11H8F6O3/c1-5(10(12,13)14)20-6-2-3-7(9(18)19)8(4-6)11(15,16)17/h2-5H,1H3,(H,18,19). The zero-order valence-electron chi connectivity index (χ0n) is 9.84. The van der Waals surface area contributed by atoms with E-state index in [4.69, 9.17) is 5.11 Å². The maximum atomic E-state index is 12.6. The van der Waals surface area contributed by atoms with Crippen LogP contribution in [0.3, 0.4) is 0 Å². The third kappa shape index (κ3) is 3.78. The van der Waals surface area contributed by atoms with Crippen molar-refractivity contribution in [1.29, 1.82) is 0 Å². The van der Waals surface area contributed by atoms with E-state index in [-0.39, 0.29) is 6.07 Å². The molecule has 0 saturated carbocycles. The third-order valence-electron chi connectivity index (χ3n) is 2.30. The molecule has 9 heteroatoms. The molecule has 0 spiro atoms. The molecular formula is C11H8F6O3. The zero-order valence-corrected chi connectivity index (χ0v) is 9.84. The van der Waals surface area contributed by atoms with Crippen molar-refractivity contribution in [3.63, 3.8) is 0 Å². The predicted octanol–water partition coefficient (Wildman–Crippen LogP) is 3.73. The second-order valence-corrected chi connectivity index (χ2v) is 3.81. The van der Waals surface area contributed by atoms with Gasteiger partial charge in [-0.2, -0.15) is 26.3 Å². The number of carboxylic acid groups (broad SMARTS) is 1. The highest BCUT2D eigenvalue weighted by Gasteiger charge is 2.39. The molecule has 0 aliphatic carbocycles. The van der Waals surface area contributed by atoms with Crippen LogP contribution >= 0.6 is 0 Å². The van der Waals surface area contributed by atoms with Gasteiger partial charge in [-0.05, 0) is 25.1 Å². The van der Waals surface area contributed by atoms with Gasteiger partial charge in [0.15, 0.2) is 6.10 Å². The van der Waals surface area contributed by atoms with Gasteiger partial charge in [0.1, 0.15) is 5.75 Å². The van der Waals surface area contributed by atoms with E-state index < -0.39 is 41.3 Å². The van der Waals surface area contributed by atoms with Gasteiger partial charge >= 0.3 is 18.3 Å². The molecule has 0 radical (unpaired) electrons. The summed E-state index contributed by atoms with van der Waals surface area (Å²) in [4.78, 5) is 10.6. The Bertz CT molecular complexity index is 506. The highest BCUT2D eigenvalue weighted by atomic mass is 19.4. The lowest BCUT2D eigenvalue weighted by molar-refractivity contribution is -0.189. The Morgan fingerprint density at radius 2 is 1.75 bits per heavy atom. The molecule has 1 aromatic rings. The van der Waals surface area contributed by atoms with Crippen molar-refractivity contribution in [2.24, 2.45) is 0 Å². The first-order valence-electron chi connectivity index (χ1n) is 5.11. The maximum absolute atomic E-state index is 12.6. The lowest BCUT2D eigenvalue weighted by atomic mass is 10.1. The molecule has 112 valence electrons. The van der Waals surface area contributed by atoms with Gasteiger partial charge < -0.3 is 9.84 Å². The zero-order chi connectivity index (χ0) is 15.7. The first-order valence-corrected chi connectivity index (χ1v) is 5.11. The minimum atomic E-state index is -5.02.